The second kappa shape index (κ2) is 11.1. The number of fused-ring (bicyclic) bond motifs is 3. The van der Waals surface area contributed by atoms with Gasteiger partial charge in [0.15, 0.2) is 11.6 Å². The predicted molar refractivity (Wildman–Crippen MR) is 154 cm³/mol. The van der Waals surface area contributed by atoms with Gasteiger partial charge in [0.05, 0.1) is 31.6 Å². The average molecular weight is 546 g/mol. The summed E-state index contributed by atoms with van der Waals surface area (Å²) in [6.45, 7) is 7.28. The molecule has 1 unspecified atom stereocenters. The molecular weight excluding hydrogens is 509 g/mol. The monoisotopic (exact) mass is 545 g/mol. The van der Waals surface area contributed by atoms with Gasteiger partial charge in [-0.2, -0.15) is 5.10 Å². The Morgan fingerprint density at radius 1 is 1.00 bits per heavy atom. The largest absolute Gasteiger partial charge is 0.497 e. The molecule has 0 radical (unpaired) electrons. The number of pyridine rings is 1. The van der Waals surface area contributed by atoms with Crippen molar-refractivity contribution in [3.8, 4) is 22.6 Å². The van der Waals surface area contributed by atoms with Gasteiger partial charge in [0, 0.05) is 79.0 Å². The molecule has 0 amide bonds. The van der Waals surface area contributed by atoms with Crippen LogP contribution in [0.15, 0.2) is 48.9 Å². The Morgan fingerprint density at radius 2 is 1.88 bits per heavy atom. The molecule has 1 fully saturated rings. The zero-order valence-electron chi connectivity index (χ0n) is 23.6. The summed E-state index contributed by atoms with van der Waals surface area (Å²) in [6, 6.07) is 9.90. The van der Waals surface area contributed by atoms with Gasteiger partial charge >= 0.3 is 0 Å². The van der Waals surface area contributed by atoms with E-state index in [1.54, 1.807) is 19.2 Å². The Morgan fingerprint density at radius 3 is 2.62 bits per heavy atom. The number of ether oxygens (including phenoxy) is 3. The summed E-state index contributed by atoms with van der Waals surface area (Å²) in [5, 5.41) is 5.66. The highest BCUT2D eigenvalue weighted by Crippen LogP contribution is 2.41. The van der Waals surface area contributed by atoms with Crippen molar-refractivity contribution in [3.05, 3.63) is 60.3 Å². The third-order valence-electron chi connectivity index (χ3n) is 8.07. The highest BCUT2D eigenvalue weighted by Gasteiger charge is 2.28. The van der Waals surface area contributed by atoms with Gasteiger partial charge in [-0.15, -0.1) is 0 Å². The lowest BCUT2D eigenvalue weighted by Crippen LogP contribution is -2.34. The molecule has 0 spiro atoms. The first-order valence-corrected chi connectivity index (χ1v) is 14.0. The smallest absolute Gasteiger partial charge is 0.188 e. The van der Waals surface area contributed by atoms with Crippen molar-refractivity contribution >= 4 is 22.3 Å². The zero-order valence-corrected chi connectivity index (χ0v) is 23.6. The van der Waals surface area contributed by atoms with E-state index in [0.29, 0.717) is 24.0 Å². The van der Waals surface area contributed by atoms with Gasteiger partial charge in [0.2, 0.25) is 0 Å². The topological polar surface area (TPSA) is 64.9 Å². The molecule has 0 N–H and O–H groups in total. The highest BCUT2D eigenvalue weighted by molar-refractivity contribution is 5.92. The lowest BCUT2D eigenvalue weighted by atomic mass is 10.0. The van der Waals surface area contributed by atoms with Crippen LogP contribution in [0.2, 0.25) is 0 Å². The minimum absolute atomic E-state index is 0.0184. The second-order valence-electron chi connectivity index (χ2n) is 10.8. The number of hydrogen-bond donors (Lipinski definition) is 0. The SMILES string of the molecule is COc1cc(OC)c(F)c(N2CCN(C(C)C)Cc3c2ccc2ncc(-c4cnn(C5CCCCO5)c4)cc32)c1. The van der Waals surface area contributed by atoms with E-state index in [-0.39, 0.29) is 12.0 Å². The molecule has 2 aromatic heterocycles. The molecule has 40 heavy (non-hydrogen) atoms. The van der Waals surface area contributed by atoms with Gasteiger partial charge in [0.25, 0.3) is 0 Å². The maximum absolute atomic E-state index is 15.7. The predicted octanol–water partition coefficient (Wildman–Crippen LogP) is 6.32. The van der Waals surface area contributed by atoms with E-state index in [1.807, 2.05) is 34.2 Å². The summed E-state index contributed by atoms with van der Waals surface area (Å²) < 4.78 is 34.4. The van der Waals surface area contributed by atoms with Crippen molar-refractivity contribution in [2.24, 2.45) is 0 Å². The molecule has 2 aromatic carbocycles. The normalized spacial score (nSPS) is 18.1. The van der Waals surface area contributed by atoms with Gasteiger partial charge in [-0.3, -0.25) is 9.88 Å². The maximum Gasteiger partial charge on any atom is 0.188 e. The van der Waals surface area contributed by atoms with Crippen LogP contribution in [-0.2, 0) is 11.3 Å². The first kappa shape index (κ1) is 26.5. The van der Waals surface area contributed by atoms with E-state index >= 15 is 4.39 Å². The standard InChI is InChI=1S/C31H36FN5O3/c1-20(2)35-10-11-36(28-14-23(38-3)15-29(39-4)31(28)32)27-9-8-26-24(25(27)19-35)13-21(16-33-26)22-17-34-37(18-22)30-7-5-6-12-40-30/h8-9,13-18,20,30H,5-7,10-12,19H2,1-4H3. The molecule has 210 valence electrons. The maximum atomic E-state index is 15.7. The lowest BCUT2D eigenvalue weighted by molar-refractivity contribution is -0.0394. The molecule has 0 bridgehead atoms. The molecule has 8 nitrogen and oxygen atoms in total. The Balaban J connectivity index is 1.47. The van der Waals surface area contributed by atoms with Crippen molar-refractivity contribution in [2.75, 3.05) is 38.8 Å². The summed E-state index contributed by atoms with van der Waals surface area (Å²) in [4.78, 5) is 9.30. The molecule has 2 aliphatic rings. The molecule has 0 saturated carbocycles. The number of nitrogens with zero attached hydrogens (tertiary/aromatic N) is 5. The fraction of sp³-hybridized carbons (Fsp3) is 0.419. The Labute approximate surface area is 234 Å². The summed E-state index contributed by atoms with van der Waals surface area (Å²) in [5.74, 6) is 0.296. The van der Waals surface area contributed by atoms with E-state index in [2.05, 4.69) is 36.0 Å². The minimum atomic E-state index is -0.406. The van der Waals surface area contributed by atoms with Crippen LogP contribution in [0.5, 0.6) is 11.5 Å². The molecule has 2 aliphatic heterocycles. The summed E-state index contributed by atoms with van der Waals surface area (Å²) in [5.41, 5.74) is 5.39. The van der Waals surface area contributed by atoms with Crippen molar-refractivity contribution < 1.29 is 18.6 Å². The number of methoxy groups -OCH3 is 2. The fourth-order valence-electron chi connectivity index (χ4n) is 5.74. The molecule has 4 heterocycles. The van der Waals surface area contributed by atoms with E-state index in [0.717, 1.165) is 72.2 Å². The summed E-state index contributed by atoms with van der Waals surface area (Å²) >= 11 is 0. The van der Waals surface area contributed by atoms with Crippen molar-refractivity contribution in [3.63, 3.8) is 0 Å². The van der Waals surface area contributed by atoms with Crippen molar-refractivity contribution in [1.82, 2.24) is 19.7 Å². The molecule has 0 aliphatic carbocycles. The molecular formula is C31H36FN5O3. The third-order valence-corrected chi connectivity index (χ3v) is 8.07. The van der Waals surface area contributed by atoms with Gasteiger partial charge in [-0.1, -0.05) is 0 Å². The van der Waals surface area contributed by atoms with Crippen LogP contribution in [0.4, 0.5) is 15.8 Å². The van der Waals surface area contributed by atoms with Crippen molar-refractivity contribution in [1.29, 1.82) is 0 Å². The van der Waals surface area contributed by atoms with Crippen LogP contribution in [0, 0.1) is 5.82 Å². The Hall–Kier alpha value is -3.69. The van der Waals surface area contributed by atoms with Gasteiger partial charge in [-0.25, -0.2) is 9.07 Å². The van der Waals surface area contributed by atoms with Gasteiger partial charge in [-0.05, 0) is 56.9 Å². The quantitative estimate of drug-likeness (QED) is 0.281. The van der Waals surface area contributed by atoms with Crippen LogP contribution in [0.1, 0.15) is 44.9 Å². The molecule has 1 atom stereocenters. The van der Waals surface area contributed by atoms with Crippen LogP contribution in [0.3, 0.4) is 0 Å². The molecule has 4 aromatic rings. The number of rotatable bonds is 6. The van der Waals surface area contributed by atoms with Gasteiger partial charge in [0.1, 0.15) is 12.0 Å². The number of anilines is 2. The molecule has 6 rings (SSSR count). The van der Waals surface area contributed by atoms with E-state index in [4.69, 9.17) is 19.2 Å². The zero-order chi connectivity index (χ0) is 27.8. The first-order valence-electron chi connectivity index (χ1n) is 14.0. The Bertz CT molecular complexity index is 1510. The second-order valence-corrected chi connectivity index (χ2v) is 10.8. The highest BCUT2D eigenvalue weighted by atomic mass is 19.1. The number of hydrogen-bond acceptors (Lipinski definition) is 7. The van der Waals surface area contributed by atoms with Crippen LogP contribution in [-0.4, -0.2) is 59.6 Å². The van der Waals surface area contributed by atoms with E-state index in [9.17, 15) is 0 Å². The first-order chi connectivity index (χ1) is 19.5. The summed E-state index contributed by atoms with van der Waals surface area (Å²) in [7, 11) is 3.05. The van der Waals surface area contributed by atoms with Crippen molar-refractivity contribution in [2.45, 2.75) is 51.9 Å². The molecule has 9 heteroatoms. The average Bonchev–Trinajstić information content (AvgIpc) is 3.39. The minimum Gasteiger partial charge on any atom is -0.497 e. The van der Waals surface area contributed by atoms with Crippen LogP contribution < -0.4 is 14.4 Å². The number of benzene rings is 2. The van der Waals surface area contributed by atoms with E-state index < -0.39 is 5.82 Å². The number of aromatic nitrogens is 3. The van der Waals surface area contributed by atoms with E-state index in [1.165, 1.54) is 7.11 Å². The Kier molecular flexibility index (Phi) is 7.33. The van der Waals surface area contributed by atoms with Crippen LogP contribution in [0.25, 0.3) is 22.0 Å². The number of halogens is 1. The lowest BCUT2D eigenvalue weighted by Gasteiger charge is -2.27. The summed E-state index contributed by atoms with van der Waals surface area (Å²) in [6.07, 6.45) is 9.02. The molecule has 1 saturated heterocycles. The van der Waals surface area contributed by atoms with Gasteiger partial charge < -0.3 is 19.1 Å². The third kappa shape index (κ3) is 4.88. The fourth-order valence-corrected chi connectivity index (χ4v) is 5.74. The van der Waals surface area contributed by atoms with Crippen LogP contribution >= 0.6 is 0 Å².